The lowest BCUT2D eigenvalue weighted by Gasteiger charge is -2.15. The summed E-state index contributed by atoms with van der Waals surface area (Å²) in [5.74, 6) is -2.40. The van der Waals surface area contributed by atoms with Crippen LogP contribution in [-0.2, 0) is 19.1 Å². The van der Waals surface area contributed by atoms with E-state index in [9.17, 15) is 20.1 Å². The average molecular weight is 354 g/mol. The number of esters is 2. The lowest BCUT2D eigenvalue weighted by atomic mass is 9.94. The number of benzene rings is 1. The first-order chi connectivity index (χ1) is 12.4. The van der Waals surface area contributed by atoms with Gasteiger partial charge in [0.05, 0.1) is 25.4 Å². The largest absolute Gasteiger partial charge is 0.465 e. The molecule has 0 bridgehead atoms. The normalized spacial score (nSPS) is 19.1. The Labute approximate surface area is 153 Å². The molecule has 0 N–H and O–H groups in total. The Hall–Kier alpha value is -2.86. The van der Waals surface area contributed by atoms with E-state index in [1.165, 1.54) is 0 Å². The molecule has 6 nitrogen and oxygen atoms in total. The van der Waals surface area contributed by atoms with E-state index in [4.69, 9.17) is 9.47 Å². The van der Waals surface area contributed by atoms with E-state index in [-0.39, 0.29) is 13.2 Å². The van der Waals surface area contributed by atoms with Gasteiger partial charge in [0.25, 0.3) is 0 Å². The standard InChI is InChI=1S/C20H22N2O4/c1-5-25-17(23)20(18(24)26-6-2)16(19(20,11-21)12-22)15-9-7-14(8-10-15)13(3)4/h7-10,13,16H,5-6H2,1-4H3. The molecule has 1 aliphatic rings. The van der Waals surface area contributed by atoms with E-state index in [1.54, 1.807) is 26.0 Å². The van der Waals surface area contributed by atoms with Gasteiger partial charge in [-0.05, 0) is 30.9 Å². The maximum Gasteiger partial charge on any atom is 0.327 e. The van der Waals surface area contributed by atoms with Gasteiger partial charge in [-0.25, -0.2) is 0 Å². The molecule has 0 radical (unpaired) electrons. The van der Waals surface area contributed by atoms with Gasteiger partial charge in [0.1, 0.15) is 0 Å². The lowest BCUT2D eigenvalue weighted by molar-refractivity contribution is -0.165. The lowest BCUT2D eigenvalue weighted by Crippen LogP contribution is -2.35. The van der Waals surface area contributed by atoms with Crippen molar-refractivity contribution in [3.8, 4) is 12.1 Å². The maximum atomic E-state index is 12.7. The first kappa shape index (κ1) is 19.5. The fourth-order valence-corrected chi connectivity index (χ4v) is 3.51. The SMILES string of the molecule is CCOC(=O)C1(C(=O)OCC)C(c2ccc(C(C)C)cc2)C1(C#N)C#N. The predicted octanol–water partition coefficient (Wildman–Crippen LogP) is 3.05. The van der Waals surface area contributed by atoms with E-state index < -0.39 is 28.7 Å². The minimum atomic E-state index is -1.96. The minimum Gasteiger partial charge on any atom is -0.465 e. The molecule has 1 saturated carbocycles. The fraction of sp³-hybridized carbons (Fsp3) is 0.500. The molecular weight excluding hydrogens is 332 g/mol. The van der Waals surface area contributed by atoms with Crippen LogP contribution in [-0.4, -0.2) is 25.2 Å². The number of nitriles is 2. The summed E-state index contributed by atoms with van der Waals surface area (Å²) in [6, 6.07) is 11.0. The van der Waals surface area contributed by atoms with E-state index in [1.807, 2.05) is 38.1 Å². The third kappa shape index (κ3) is 2.54. The number of hydrogen-bond donors (Lipinski definition) is 0. The number of hydrogen-bond acceptors (Lipinski definition) is 6. The molecule has 0 aromatic heterocycles. The summed E-state index contributed by atoms with van der Waals surface area (Å²) in [7, 11) is 0. The highest BCUT2D eigenvalue weighted by molar-refractivity contribution is 6.09. The van der Waals surface area contributed by atoms with E-state index in [0.29, 0.717) is 11.5 Å². The monoisotopic (exact) mass is 354 g/mol. The van der Waals surface area contributed by atoms with Crippen molar-refractivity contribution < 1.29 is 19.1 Å². The summed E-state index contributed by atoms with van der Waals surface area (Å²) in [4.78, 5) is 25.4. The Kier molecular flexibility index (Phi) is 5.37. The van der Waals surface area contributed by atoms with Crippen molar-refractivity contribution in [2.24, 2.45) is 10.8 Å². The Bertz CT molecular complexity index is 752. The summed E-state index contributed by atoms with van der Waals surface area (Å²) in [6.07, 6.45) is 0. The van der Waals surface area contributed by atoms with Crippen molar-refractivity contribution in [2.45, 2.75) is 39.5 Å². The molecule has 0 spiro atoms. The first-order valence-corrected chi connectivity index (χ1v) is 8.64. The minimum absolute atomic E-state index is 0.0337. The van der Waals surface area contributed by atoms with E-state index >= 15 is 0 Å². The molecule has 1 aliphatic carbocycles. The molecule has 1 unspecified atom stereocenters. The predicted molar refractivity (Wildman–Crippen MR) is 92.6 cm³/mol. The summed E-state index contributed by atoms with van der Waals surface area (Å²) in [5, 5.41) is 19.4. The molecule has 136 valence electrons. The summed E-state index contributed by atoms with van der Waals surface area (Å²) in [6.45, 7) is 7.36. The van der Waals surface area contributed by atoms with Gasteiger partial charge in [-0.15, -0.1) is 0 Å². The molecule has 2 rings (SSSR count). The van der Waals surface area contributed by atoms with Crippen LogP contribution in [0.1, 0.15) is 50.7 Å². The van der Waals surface area contributed by atoms with Crippen molar-refractivity contribution in [2.75, 3.05) is 13.2 Å². The number of carbonyl (C=O) groups is 2. The second-order valence-electron chi connectivity index (χ2n) is 6.53. The molecule has 26 heavy (non-hydrogen) atoms. The summed E-state index contributed by atoms with van der Waals surface area (Å²) in [5.41, 5.74) is -2.16. The average Bonchev–Trinajstić information content (AvgIpc) is 3.27. The van der Waals surface area contributed by atoms with Gasteiger partial charge in [-0.2, -0.15) is 10.5 Å². The van der Waals surface area contributed by atoms with Gasteiger partial charge < -0.3 is 9.47 Å². The molecule has 6 heteroatoms. The van der Waals surface area contributed by atoms with Gasteiger partial charge in [0, 0.05) is 5.92 Å². The molecule has 1 atom stereocenters. The van der Waals surface area contributed by atoms with Crippen LogP contribution >= 0.6 is 0 Å². The van der Waals surface area contributed by atoms with Crippen molar-refractivity contribution in [3.63, 3.8) is 0 Å². The van der Waals surface area contributed by atoms with Gasteiger partial charge in [-0.3, -0.25) is 9.59 Å². The smallest absolute Gasteiger partial charge is 0.327 e. The zero-order valence-electron chi connectivity index (χ0n) is 15.4. The van der Waals surface area contributed by atoms with Crippen molar-refractivity contribution in [1.29, 1.82) is 10.5 Å². The number of carbonyl (C=O) groups excluding carboxylic acids is 2. The van der Waals surface area contributed by atoms with Crippen LogP contribution in [0.5, 0.6) is 0 Å². The Morgan fingerprint density at radius 2 is 1.50 bits per heavy atom. The molecule has 0 saturated heterocycles. The summed E-state index contributed by atoms with van der Waals surface area (Å²) >= 11 is 0. The highest BCUT2D eigenvalue weighted by Gasteiger charge is 2.89. The second-order valence-corrected chi connectivity index (χ2v) is 6.53. The van der Waals surface area contributed by atoms with Crippen LogP contribution in [0.25, 0.3) is 0 Å². The molecule has 1 aromatic rings. The molecule has 0 heterocycles. The van der Waals surface area contributed by atoms with Crippen LogP contribution in [0.3, 0.4) is 0 Å². The third-order valence-corrected chi connectivity index (χ3v) is 4.89. The maximum absolute atomic E-state index is 12.7. The van der Waals surface area contributed by atoms with Crippen LogP contribution in [0.2, 0.25) is 0 Å². The second kappa shape index (κ2) is 7.17. The molecule has 1 aromatic carbocycles. The molecule has 0 aliphatic heterocycles. The fourth-order valence-electron chi connectivity index (χ4n) is 3.51. The van der Waals surface area contributed by atoms with Gasteiger partial charge in [-0.1, -0.05) is 38.1 Å². The Morgan fingerprint density at radius 1 is 1.04 bits per heavy atom. The van der Waals surface area contributed by atoms with Crippen LogP contribution < -0.4 is 0 Å². The highest BCUT2D eigenvalue weighted by atomic mass is 16.6. The van der Waals surface area contributed by atoms with Crippen LogP contribution in [0.15, 0.2) is 24.3 Å². The van der Waals surface area contributed by atoms with Gasteiger partial charge >= 0.3 is 11.9 Å². The Balaban J connectivity index is 2.61. The van der Waals surface area contributed by atoms with Crippen molar-refractivity contribution in [1.82, 2.24) is 0 Å². The van der Waals surface area contributed by atoms with E-state index in [0.717, 1.165) is 5.56 Å². The zero-order chi connectivity index (χ0) is 19.5. The highest BCUT2D eigenvalue weighted by Crippen LogP contribution is 2.75. The first-order valence-electron chi connectivity index (χ1n) is 8.64. The van der Waals surface area contributed by atoms with Gasteiger partial charge in [0.15, 0.2) is 5.41 Å². The molecular formula is C20H22N2O4. The number of rotatable bonds is 6. The topological polar surface area (TPSA) is 100 Å². The van der Waals surface area contributed by atoms with Crippen molar-refractivity contribution in [3.05, 3.63) is 35.4 Å². The van der Waals surface area contributed by atoms with Crippen LogP contribution in [0, 0.1) is 33.5 Å². The number of ether oxygens (including phenoxy) is 2. The zero-order valence-corrected chi connectivity index (χ0v) is 15.4. The van der Waals surface area contributed by atoms with Crippen molar-refractivity contribution >= 4 is 11.9 Å². The number of nitrogens with zero attached hydrogens (tertiary/aromatic N) is 2. The third-order valence-electron chi connectivity index (χ3n) is 4.89. The Morgan fingerprint density at radius 3 is 1.85 bits per heavy atom. The van der Waals surface area contributed by atoms with E-state index in [2.05, 4.69) is 0 Å². The van der Waals surface area contributed by atoms with Gasteiger partial charge in [0.2, 0.25) is 5.41 Å². The summed E-state index contributed by atoms with van der Waals surface area (Å²) < 4.78 is 10.1. The molecule has 0 amide bonds. The molecule has 1 fully saturated rings. The van der Waals surface area contributed by atoms with Crippen LogP contribution in [0.4, 0.5) is 0 Å². The quantitative estimate of drug-likeness (QED) is 0.575.